The summed E-state index contributed by atoms with van der Waals surface area (Å²) in [6.45, 7) is 3.66. The predicted molar refractivity (Wildman–Crippen MR) is 152 cm³/mol. The molecule has 2 heterocycles. The van der Waals surface area contributed by atoms with E-state index < -0.39 is 5.60 Å². The van der Waals surface area contributed by atoms with Gasteiger partial charge in [-0.2, -0.15) is 0 Å². The summed E-state index contributed by atoms with van der Waals surface area (Å²) in [5, 5.41) is 15.3. The van der Waals surface area contributed by atoms with Gasteiger partial charge in [-0.3, -0.25) is 4.79 Å². The number of amides is 1. The predicted octanol–water partition coefficient (Wildman–Crippen LogP) is 4.88. The number of nitrogens with zero attached hydrogens (tertiary/aromatic N) is 2. The number of rotatable bonds is 8. The van der Waals surface area contributed by atoms with Crippen molar-refractivity contribution >= 4 is 17.3 Å². The van der Waals surface area contributed by atoms with Gasteiger partial charge < -0.3 is 25.0 Å². The fourth-order valence-corrected chi connectivity index (χ4v) is 5.99. The Labute approximate surface area is 226 Å². The van der Waals surface area contributed by atoms with Gasteiger partial charge in [-0.25, -0.2) is 0 Å². The van der Waals surface area contributed by atoms with E-state index in [1.807, 2.05) is 66.7 Å². The molecular formula is C32H39N3O3. The molecule has 2 saturated heterocycles. The van der Waals surface area contributed by atoms with Crippen molar-refractivity contribution < 1.29 is 14.6 Å². The molecule has 200 valence electrons. The molecule has 0 spiro atoms. The molecule has 1 atom stereocenters. The second-order valence-corrected chi connectivity index (χ2v) is 10.9. The zero-order chi connectivity index (χ0) is 26.5. The molecule has 0 bridgehead atoms. The number of hydrogen-bond donors (Lipinski definition) is 2. The molecule has 2 aliphatic rings. The van der Waals surface area contributed by atoms with Crippen molar-refractivity contribution in [2.24, 2.45) is 11.8 Å². The minimum Gasteiger partial charge on any atom is -0.381 e. The highest BCUT2D eigenvalue weighted by molar-refractivity contribution is 5.93. The van der Waals surface area contributed by atoms with Crippen LogP contribution in [0.4, 0.5) is 11.4 Å². The average Bonchev–Trinajstić information content (AvgIpc) is 3.49. The van der Waals surface area contributed by atoms with Gasteiger partial charge in [0.2, 0.25) is 5.91 Å². The van der Waals surface area contributed by atoms with E-state index in [1.165, 1.54) is 11.3 Å². The van der Waals surface area contributed by atoms with E-state index in [4.69, 9.17) is 4.74 Å². The standard InChI is InChI=1S/C32H39N3O3/c1-34(2)22-25-21-29(33-31(36)24-17-20-38-23-24)13-14-30(25)35-18-15-28(16-19-35)32(37,26-9-5-3-6-10-26)27-11-7-4-8-12-27/h3-14,21,24,28,37H,15-20,22-23H2,1-2H3,(H,33,36). The summed E-state index contributed by atoms with van der Waals surface area (Å²) in [6, 6.07) is 26.4. The number of carbonyl (C=O) groups excluding carboxylic acids is 1. The fraction of sp³-hybridized carbons (Fsp3) is 0.406. The summed E-state index contributed by atoms with van der Waals surface area (Å²) in [5.74, 6) is 0.0694. The van der Waals surface area contributed by atoms with Crippen LogP contribution in [0.3, 0.4) is 0 Å². The molecule has 6 nitrogen and oxygen atoms in total. The Morgan fingerprint density at radius 1 is 0.974 bits per heavy atom. The molecule has 0 aliphatic carbocycles. The molecule has 2 fully saturated rings. The lowest BCUT2D eigenvalue weighted by molar-refractivity contribution is -0.119. The highest BCUT2D eigenvalue weighted by Gasteiger charge is 2.41. The second-order valence-electron chi connectivity index (χ2n) is 10.9. The van der Waals surface area contributed by atoms with Crippen molar-refractivity contribution in [3.8, 4) is 0 Å². The zero-order valence-corrected chi connectivity index (χ0v) is 22.5. The number of aliphatic hydroxyl groups is 1. The molecule has 5 rings (SSSR count). The van der Waals surface area contributed by atoms with Crippen LogP contribution >= 0.6 is 0 Å². The smallest absolute Gasteiger partial charge is 0.229 e. The Balaban J connectivity index is 1.35. The highest BCUT2D eigenvalue weighted by Crippen LogP contribution is 2.43. The number of carbonyl (C=O) groups is 1. The summed E-state index contributed by atoms with van der Waals surface area (Å²) in [6.07, 6.45) is 2.53. The molecule has 38 heavy (non-hydrogen) atoms. The van der Waals surface area contributed by atoms with Crippen molar-refractivity contribution in [3.63, 3.8) is 0 Å². The summed E-state index contributed by atoms with van der Waals surface area (Å²) in [5.41, 5.74) is 4.09. The normalized spacial score (nSPS) is 18.6. The van der Waals surface area contributed by atoms with Gasteiger partial charge in [0, 0.05) is 37.6 Å². The van der Waals surface area contributed by atoms with Crippen molar-refractivity contribution in [3.05, 3.63) is 95.6 Å². The number of ether oxygens (including phenoxy) is 1. The molecule has 3 aromatic carbocycles. The third-order valence-electron chi connectivity index (χ3n) is 7.99. The van der Waals surface area contributed by atoms with Gasteiger partial charge in [-0.1, -0.05) is 60.7 Å². The van der Waals surface area contributed by atoms with E-state index in [-0.39, 0.29) is 17.7 Å². The monoisotopic (exact) mass is 513 g/mol. The maximum absolute atomic E-state index is 12.7. The van der Waals surface area contributed by atoms with Crippen molar-refractivity contribution in [2.75, 3.05) is 50.6 Å². The fourth-order valence-electron chi connectivity index (χ4n) is 5.99. The molecule has 2 aliphatic heterocycles. The maximum atomic E-state index is 12.7. The lowest BCUT2D eigenvalue weighted by atomic mass is 9.72. The van der Waals surface area contributed by atoms with Crippen LogP contribution in [0.5, 0.6) is 0 Å². The van der Waals surface area contributed by atoms with Crippen LogP contribution in [0, 0.1) is 11.8 Å². The highest BCUT2D eigenvalue weighted by atomic mass is 16.5. The molecule has 3 aromatic rings. The first kappa shape index (κ1) is 26.4. The Kier molecular flexibility index (Phi) is 8.12. The number of anilines is 2. The van der Waals surface area contributed by atoms with Gasteiger partial charge >= 0.3 is 0 Å². The average molecular weight is 514 g/mol. The first-order valence-corrected chi connectivity index (χ1v) is 13.7. The summed E-state index contributed by atoms with van der Waals surface area (Å²) in [4.78, 5) is 17.3. The minimum atomic E-state index is -1.03. The SMILES string of the molecule is CN(C)Cc1cc(NC(=O)C2CCOC2)ccc1N1CCC(C(O)(c2ccccc2)c2ccccc2)CC1. The van der Waals surface area contributed by atoms with Crippen LogP contribution < -0.4 is 10.2 Å². The van der Waals surface area contributed by atoms with Gasteiger partial charge in [-0.05, 0) is 74.2 Å². The Morgan fingerprint density at radius 2 is 1.61 bits per heavy atom. The lowest BCUT2D eigenvalue weighted by Crippen LogP contribution is -2.44. The van der Waals surface area contributed by atoms with Gasteiger partial charge in [0.15, 0.2) is 0 Å². The number of nitrogens with one attached hydrogen (secondary N) is 1. The van der Waals surface area contributed by atoms with E-state index in [0.29, 0.717) is 13.2 Å². The van der Waals surface area contributed by atoms with Gasteiger partial charge in [0.1, 0.15) is 5.60 Å². The number of piperidine rings is 1. The minimum absolute atomic E-state index is 0.0352. The van der Waals surface area contributed by atoms with E-state index in [1.54, 1.807) is 0 Å². The molecule has 2 N–H and O–H groups in total. The van der Waals surface area contributed by atoms with Crippen LogP contribution in [0.2, 0.25) is 0 Å². The van der Waals surface area contributed by atoms with Gasteiger partial charge in [0.05, 0.1) is 12.5 Å². The number of hydrogen-bond acceptors (Lipinski definition) is 5. The van der Waals surface area contributed by atoms with Crippen LogP contribution in [0.15, 0.2) is 78.9 Å². The largest absolute Gasteiger partial charge is 0.381 e. The molecule has 1 unspecified atom stereocenters. The topological polar surface area (TPSA) is 65.0 Å². The molecule has 0 saturated carbocycles. The maximum Gasteiger partial charge on any atom is 0.229 e. The van der Waals surface area contributed by atoms with E-state index >= 15 is 0 Å². The Morgan fingerprint density at radius 3 is 2.16 bits per heavy atom. The van der Waals surface area contributed by atoms with Crippen molar-refractivity contribution in [1.29, 1.82) is 0 Å². The summed E-state index contributed by atoms with van der Waals surface area (Å²) < 4.78 is 5.39. The van der Waals surface area contributed by atoms with E-state index in [9.17, 15) is 9.90 Å². The molecular weight excluding hydrogens is 474 g/mol. The molecule has 1 amide bonds. The first-order valence-electron chi connectivity index (χ1n) is 13.7. The van der Waals surface area contributed by atoms with Crippen LogP contribution in [-0.2, 0) is 21.7 Å². The van der Waals surface area contributed by atoms with Gasteiger partial charge in [-0.15, -0.1) is 0 Å². The van der Waals surface area contributed by atoms with Crippen molar-refractivity contribution in [2.45, 2.75) is 31.4 Å². The van der Waals surface area contributed by atoms with E-state index in [2.05, 4.69) is 41.3 Å². The van der Waals surface area contributed by atoms with Gasteiger partial charge in [0.25, 0.3) is 0 Å². The Hall–Kier alpha value is -3.19. The lowest BCUT2D eigenvalue weighted by Gasteiger charge is -2.43. The second kappa shape index (κ2) is 11.7. The van der Waals surface area contributed by atoms with Crippen LogP contribution in [0.1, 0.15) is 36.0 Å². The quantitative estimate of drug-likeness (QED) is 0.450. The molecule has 0 aromatic heterocycles. The van der Waals surface area contributed by atoms with Crippen molar-refractivity contribution in [1.82, 2.24) is 4.90 Å². The zero-order valence-electron chi connectivity index (χ0n) is 22.5. The summed E-state index contributed by atoms with van der Waals surface area (Å²) >= 11 is 0. The molecule has 0 radical (unpaired) electrons. The van der Waals surface area contributed by atoms with Crippen LogP contribution in [-0.4, -0.2) is 56.3 Å². The third kappa shape index (κ3) is 5.63. The number of benzene rings is 3. The summed E-state index contributed by atoms with van der Waals surface area (Å²) in [7, 11) is 4.13. The molecule has 6 heteroatoms. The third-order valence-corrected chi connectivity index (χ3v) is 7.99. The van der Waals surface area contributed by atoms with Crippen LogP contribution in [0.25, 0.3) is 0 Å². The Bertz CT molecular complexity index is 1160. The van der Waals surface area contributed by atoms with E-state index in [0.717, 1.165) is 55.7 Å². The first-order chi connectivity index (χ1) is 18.4.